The summed E-state index contributed by atoms with van der Waals surface area (Å²) in [6, 6.07) is 0.641. The van der Waals surface area contributed by atoms with Gasteiger partial charge in [-0.25, -0.2) is 0 Å². The highest BCUT2D eigenvalue weighted by Crippen LogP contribution is 2.29. The van der Waals surface area contributed by atoms with Crippen LogP contribution < -0.4 is 5.32 Å². The fourth-order valence-corrected chi connectivity index (χ4v) is 3.13. The lowest BCUT2D eigenvalue weighted by Crippen LogP contribution is -2.43. The van der Waals surface area contributed by atoms with Crippen LogP contribution in [0, 0.1) is 5.92 Å². The Morgan fingerprint density at radius 3 is 2.78 bits per heavy atom. The summed E-state index contributed by atoms with van der Waals surface area (Å²) in [5, 5.41) is 3.67. The Morgan fingerprint density at radius 1 is 1.39 bits per heavy atom. The molecular formula is C15H30N2O. The fourth-order valence-electron chi connectivity index (χ4n) is 3.13. The number of rotatable bonds is 3. The molecular weight excluding hydrogens is 224 g/mol. The molecule has 3 nitrogen and oxygen atoms in total. The van der Waals surface area contributed by atoms with Gasteiger partial charge in [-0.15, -0.1) is 0 Å². The van der Waals surface area contributed by atoms with Gasteiger partial charge in [0.1, 0.15) is 0 Å². The van der Waals surface area contributed by atoms with E-state index in [0.717, 1.165) is 13.1 Å². The van der Waals surface area contributed by atoms with Crippen molar-refractivity contribution in [1.82, 2.24) is 10.2 Å². The highest BCUT2D eigenvalue weighted by Gasteiger charge is 2.33. The predicted octanol–water partition coefficient (Wildman–Crippen LogP) is 2.26. The molecule has 0 bridgehead atoms. The second-order valence-corrected chi connectivity index (χ2v) is 6.96. The number of hydrogen-bond donors (Lipinski definition) is 1. The van der Waals surface area contributed by atoms with Crippen LogP contribution in [-0.4, -0.2) is 48.8 Å². The first-order chi connectivity index (χ1) is 8.46. The average Bonchev–Trinajstić information content (AvgIpc) is 2.51. The Balaban J connectivity index is 1.84. The van der Waals surface area contributed by atoms with Crippen molar-refractivity contribution in [2.75, 3.05) is 26.2 Å². The lowest BCUT2D eigenvalue weighted by molar-refractivity contribution is -0.0290. The standard InChI is InChI=1S/C15H30N2O/c1-12(2)14-11-17(9-5-8-16-14)10-13-6-7-15(3,4)18-13/h12-14,16H,5-11H2,1-4H3. The van der Waals surface area contributed by atoms with Gasteiger partial charge in [0.25, 0.3) is 0 Å². The van der Waals surface area contributed by atoms with E-state index < -0.39 is 0 Å². The SMILES string of the molecule is CC(C)C1CN(CC2CCC(C)(C)O2)CCCN1. The lowest BCUT2D eigenvalue weighted by atomic mass is 10.0. The maximum atomic E-state index is 6.13. The van der Waals surface area contributed by atoms with E-state index in [1.807, 2.05) is 0 Å². The van der Waals surface area contributed by atoms with Crippen LogP contribution in [0.25, 0.3) is 0 Å². The topological polar surface area (TPSA) is 24.5 Å². The Morgan fingerprint density at radius 2 is 2.17 bits per heavy atom. The molecule has 2 aliphatic heterocycles. The molecule has 3 heteroatoms. The Hall–Kier alpha value is -0.120. The molecule has 0 aliphatic carbocycles. The van der Waals surface area contributed by atoms with E-state index in [2.05, 4.69) is 37.9 Å². The van der Waals surface area contributed by atoms with Crippen LogP contribution in [0.2, 0.25) is 0 Å². The molecule has 2 aliphatic rings. The summed E-state index contributed by atoms with van der Waals surface area (Å²) in [6.07, 6.45) is 4.14. The summed E-state index contributed by atoms with van der Waals surface area (Å²) < 4.78 is 6.13. The molecule has 2 atom stereocenters. The molecule has 0 aromatic rings. The second-order valence-electron chi connectivity index (χ2n) is 6.96. The Kier molecular flexibility index (Phi) is 4.68. The van der Waals surface area contributed by atoms with Gasteiger partial charge in [-0.3, -0.25) is 4.90 Å². The van der Waals surface area contributed by atoms with Gasteiger partial charge in [-0.2, -0.15) is 0 Å². The van der Waals surface area contributed by atoms with Crippen LogP contribution in [0.4, 0.5) is 0 Å². The number of nitrogens with one attached hydrogen (secondary N) is 1. The van der Waals surface area contributed by atoms with Crippen molar-refractivity contribution < 1.29 is 4.74 Å². The first-order valence-electron chi connectivity index (χ1n) is 7.60. The summed E-state index contributed by atoms with van der Waals surface area (Å²) in [5.74, 6) is 0.714. The summed E-state index contributed by atoms with van der Waals surface area (Å²) in [4.78, 5) is 2.61. The minimum Gasteiger partial charge on any atom is -0.371 e. The van der Waals surface area contributed by atoms with E-state index in [1.54, 1.807) is 0 Å². The molecule has 2 unspecified atom stereocenters. The number of nitrogens with zero attached hydrogens (tertiary/aromatic N) is 1. The molecule has 0 spiro atoms. The zero-order valence-electron chi connectivity index (χ0n) is 12.5. The molecule has 2 saturated heterocycles. The molecule has 2 heterocycles. The van der Waals surface area contributed by atoms with Gasteiger partial charge in [-0.1, -0.05) is 13.8 Å². The summed E-state index contributed by atoms with van der Waals surface area (Å²) in [7, 11) is 0. The van der Waals surface area contributed by atoms with Crippen LogP contribution in [-0.2, 0) is 4.74 Å². The normalized spacial score (nSPS) is 33.8. The highest BCUT2D eigenvalue weighted by molar-refractivity contribution is 4.85. The largest absolute Gasteiger partial charge is 0.371 e. The van der Waals surface area contributed by atoms with Gasteiger partial charge in [-0.05, 0) is 52.1 Å². The zero-order valence-corrected chi connectivity index (χ0v) is 12.5. The van der Waals surface area contributed by atoms with E-state index in [-0.39, 0.29) is 5.60 Å². The number of hydrogen-bond acceptors (Lipinski definition) is 3. The third kappa shape index (κ3) is 3.94. The van der Waals surface area contributed by atoms with E-state index in [0.29, 0.717) is 18.1 Å². The van der Waals surface area contributed by atoms with E-state index in [4.69, 9.17) is 4.74 Å². The molecule has 0 saturated carbocycles. The van der Waals surface area contributed by atoms with Gasteiger partial charge in [0, 0.05) is 19.1 Å². The van der Waals surface area contributed by atoms with Crippen LogP contribution >= 0.6 is 0 Å². The van der Waals surface area contributed by atoms with Crippen molar-refractivity contribution in [2.45, 2.75) is 64.7 Å². The van der Waals surface area contributed by atoms with Crippen LogP contribution in [0.15, 0.2) is 0 Å². The van der Waals surface area contributed by atoms with Crippen molar-refractivity contribution in [3.63, 3.8) is 0 Å². The van der Waals surface area contributed by atoms with Crippen LogP contribution in [0.5, 0.6) is 0 Å². The van der Waals surface area contributed by atoms with E-state index in [1.165, 1.54) is 32.4 Å². The van der Waals surface area contributed by atoms with Crippen molar-refractivity contribution in [3.8, 4) is 0 Å². The minimum absolute atomic E-state index is 0.103. The zero-order chi connectivity index (χ0) is 13.2. The highest BCUT2D eigenvalue weighted by atomic mass is 16.5. The lowest BCUT2D eigenvalue weighted by Gasteiger charge is -2.29. The molecule has 0 aromatic carbocycles. The monoisotopic (exact) mass is 254 g/mol. The quantitative estimate of drug-likeness (QED) is 0.836. The van der Waals surface area contributed by atoms with Crippen molar-refractivity contribution in [3.05, 3.63) is 0 Å². The molecule has 1 N–H and O–H groups in total. The predicted molar refractivity (Wildman–Crippen MR) is 75.9 cm³/mol. The van der Waals surface area contributed by atoms with E-state index in [9.17, 15) is 0 Å². The molecule has 0 radical (unpaired) electrons. The van der Waals surface area contributed by atoms with Crippen LogP contribution in [0.1, 0.15) is 47.0 Å². The van der Waals surface area contributed by atoms with Gasteiger partial charge in [0.05, 0.1) is 11.7 Å². The van der Waals surface area contributed by atoms with Crippen molar-refractivity contribution >= 4 is 0 Å². The summed E-state index contributed by atoms with van der Waals surface area (Å²) >= 11 is 0. The molecule has 2 fully saturated rings. The molecule has 2 rings (SSSR count). The van der Waals surface area contributed by atoms with Gasteiger partial charge >= 0.3 is 0 Å². The molecule has 0 aromatic heterocycles. The molecule has 0 amide bonds. The van der Waals surface area contributed by atoms with Crippen molar-refractivity contribution in [2.24, 2.45) is 5.92 Å². The molecule has 18 heavy (non-hydrogen) atoms. The minimum atomic E-state index is 0.103. The van der Waals surface area contributed by atoms with E-state index >= 15 is 0 Å². The maximum absolute atomic E-state index is 6.13. The average molecular weight is 254 g/mol. The fraction of sp³-hybridized carbons (Fsp3) is 1.00. The smallest absolute Gasteiger partial charge is 0.0710 e. The van der Waals surface area contributed by atoms with Gasteiger partial charge < -0.3 is 10.1 Å². The number of ether oxygens (including phenoxy) is 1. The van der Waals surface area contributed by atoms with Gasteiger partial charge in [0.15, 0.2) is 0 Å². The summed E-state index contributed by atoms with van der Waals surface area (Å²) in [6.45, 7) is 13.7. The second kappa shape index (κ2) is 5.89. The Labute approximate surface area is 112 Å². The first kappa shape index (κ1) is 14.3. The summed E-state index contributed by atoms with van der Waals surface area (Å²) in [5.41, 5.74) is 0.103. The van der Waals surface area contributed by atoms with Gasteiger partial charge in [0.2, 0.25) is 0 Å². The van der Waals surface area contributed by atoms with Crippen LogP contribution in [0.3, 0.4) is 0 Å². The van der Waals surface area contributed by atoms with Crippen molar-refractivity contribution in [1.29, 1.82) is 0 Å². The third-order valence-electron chi connectivity index (χ3n) is 4.33. The molecule has 106 valence electrons. The first-order valence-corrected chi connectivity index (χ1v) is 7.60. The maximum Gasteiger partial charge on any atom is 0.0710 e. The Bertz CT molecular complexity index is 265. The third-order valence-corrected chi connectivity index (χ3v) is 4.33.